The third-order valence-electron chi connectivity index (χ3n) is 3.56. The summed E-state index contributed by atoms with van der Waals surface area (Å²) in [5, 5.41) is 17.7. The van der Waals surface area contributed by atoms with Crippen LogP contribution in [-0.4, -0.2) is 37.4 Å². The van der Waals surface area contributed by atoms with Crippen molar-refractivity contribution in [3.63, 3.8) is 0 Å². The van der Waals surface area contributed by atoms with E-state index in [0.29, 0.717) is 28.8 Å². The number of benzene rings is 1. The van der Waals surface area contributed by atoms with Gasteiger partial charge in [0.15, 0.2) is 16.7 Å². The minimum absolute atomic E-state index is 0.125. The Morgan fingerprint density at radius 2 is 1.92 bits per heavy atom. The fourth-order valence-electron chi connectivity index (χ4n) is 2.29. The van der Waals surface area contributed by atoms with Crippen LogP contribution in [0.1, 0.15) is 20.7 Å². The predicted molar refractivity (Wildman–Crippen MR) is 96.4 cm³/mol. The van der Waals surface area contributed by atoms with E-state index in [4.69, 9.17) is 9.52 Å². The number of aromatic carboxylic acids is 1. The standard InChI is InChI=1S/C18H15N3O4S/c1-2-9-21-16(15-4-3-10-25-15)19-20-18(21)26-11-14(22)12-5-7-13(8-6-12)17(23)24/h2-8,10H,1,9,11H2,(H,23,24). The number of aromatic nitrogens is 3. The highest BCUT2D eigenvalue weighted by Gasteiger charge is 2.17. The van der Waals surface area contributed by atoms with Gasteiger partial charge in [0.2, 0.25) is 5.82 Å². The van der Waals surface area contributed by atoms with E-state index in [0.717, 1.165) is 0 Å². The van der Waals surface area contributed by atoms with E-state index in [1.54, 1.807) is 24.5 Å². The number of furan rings is 1. The van der Waals surface area contributed by atoms with Gasteiger partial charge in [0.05, 0.1) is 17.6 Å². The van der Waals surface area contributed by atoms with Crippen molar-refractivity contribution in [3.8, 4) is 11.6 Å². The number of Topliss-reactive ketones (excluding diaryl/α,β-unsaturated/α-hetero) is 1. The molecule has 0 saturated heterocycles. The van der Waals surface area contributed by atoms with Crippen LogP contribution in [0.2, 0.25) is 0 Å². The van der Waals surface area contributed by atoms with Gasteiger partial charge in [-0.2, -0.15) is 0 Å². The zero-order valence-electron chi connectivity index (χ0n) is 13.7. The molecule has 3 aromatic rings. The van der Waals surface area contributed by atoms with E-state index in [-0.39, 0.29) is 17.1 Å². The van der Waals surface area contributed by atoms with Crippen molar-refractivity contribution in [2.24, 2.45) is 0 Å². The van der Waals surface area contributed by atoms with Crippen LogP contribution in [-0.2, 0) is 6.54 Å². The lowest BCUT2D eigenvalue weighted by Gasteiger charge is -2.06. The van der Waals surface area contributed by atoms with Crippen LogP contribution in [0.25, 0.3) is 11.6 Å². The molecule has 0 fully saturated rings. The minimum atomic E-state index is -1.03. The summed E-state index contributed by atoms with van der Waals surface area (Å²) in [6.07, 6.45) is 3.27. The molecule has 7 nitrogen and oxygen atoms in total. The summed E-state index contributed by atoms with van der Waals surface area (Å²) in [6.45, 7) is 4.21. The Labute approximate surface area is 153 Å². The summed E-state index contributed by atoms with van der Waals surface area (Å²) >= 11 is 1.25. The lowest BCUT2D eigenvalue weighted by Crippen LogP contribution is -2.06. The number of carboxylic acids is 1. The van der Waals surface area contributed by atoms with Crippen molar-refractivity contribution >= 4 is 23.5 Å². The Kier molecular flexibility index (Phi) is 5.33. The topological polar surface area (TPSA) is 98.2 Å². The molecule has 0 saturated carbocycles. The van der Waals surface area contributed by atoms with Crippen LogP contribution < -0.4 is 0 Å². The molecule has 0 atom stereocenters. The van der Waals surface area contributed by atoms with Crippen LogP contribution in [0.15, 0.2) is 64.9 Å². The van der Waals surface area contributed by atoms with Gasteiger partial charge in [-0.15, -0.1) is 16.8 Å². The van der Waals surface area contributed by atoms with Crippen molar-refractivity contribution in [1.29, 1.82) is 0 Å². The predicted octanol–water partition coefficient (Wildman–Crippen LogP) is 3.40. The van der Waals surface area contributed by atoms with E-state index in [9.17, 15) is 9.59 Å². The van der Waals surface area contributed by atoms with Gasteiger partial charge in [-0.25, -0.2) is 4.79 Å². The first-order chi connectivity index (χ1) is 12.6. The van der Waals surface area contributed by atoms with Crippen molar-refractivity contribution in [2.75, 3.05) is 5.75 Å². The van der Waals surface area contributed by atoms with E-state index in [1.165, 1.54) is 36.0 Å². The van der Waals surface area contributed by atoms with Gasteiger partial charge >= 0.3 is 5.97 Å². The Bertz CT molecular complexity index is 930. The fourth-order valence-corrected chi connectivity index (χ4v) is 3.13. The third kappa shape index (κ3) is 3.75. The van der Waals surface area contributed by atoms with Gasteiger partial charge in [-0.1, -0.05) is 30.0 Å². The largest absolute Gasteiger partial charge is 0.478 e. The second kappa shape index (κ2) is 7.83. The monoisotopic (exact) mass is 369 g/mol. The quantitative estimate of drug-likeness (QED) is 0.369. The first-order valence-electron chi connectivity index (χ1n) is 7.67. The highest BCUT2D eigenvalue weighted by molar-refractivity contribution is 7.99. The number of carbonyl (C=O) groups is 2. The maximum atomic E-state index is 12.3. The highest BCUT2D eigenvalue weighted by atomic mass is 32.2. The van der Waals surface area contributed by atoms with Crippen LogP contribution in [0.3, 0.4) is 0 Å². The SMILES string of the molecule is C=CCn1c(SCC(=O)c2ccc(C(=O)O)cc2)nnc1-c1ccco1. The average Bonchev–Trinajstić information content (AvgIpc) is 3.30. The molecular weight excluding hydrogens is 354 g/mol. The van der Waals surface area contributed by atoms with Crippen molar-refractivity contribution in [3.05, 3.63) is 66.4 Å². The van der Waals surface area contributed by atoms with Crippen molar-refractivity contribution < 1.29 is 19.1 Å². The summed E-state index contributed by atoms with van der Waals surface area (Å²) in [7, 11) is 0. The number of allylic oxidation sites excluding steroid dienone is 1. The molecule has 0 aliphatic rings. The molecule has 0 amide bonds. The van der Waals surface area contributed by atoms with Gasteiger partial charge in [0.1, 0.15) is 0 Å². The molecule has 0 unspecified atom stereocenters. The molecule has 0 radical (unpaired) electrons. The minimum Gasteiger partial charge on any atom is -0.478 e. The number of thioether (sulfide) groups is 1. The molecule has 132 valence electrons. The van der Waals surface area contributed by atoms with E-state index >= 15 is 0 Å². The summed E-state index contributed by atoms with van der Waals surface area (Å²) < 4.78 is 7.18. The smallest absolute Gasteiger partial charge is 0.335 e. The molecule has 2 heterocycles. The van der Waals surface area contributed by atoms with E-state index in [1.807, 2.05) is 4.57 Å². The van der Waals surface area contributed by atoms with E-state index in [2.05, 4.69) is 16.8 Å². The van der Waals surface area contributed by atoms with Crippen LogP contribution >= 0.6 is 11.8 Å². The molecule has 1 N–H and O–H groups in total. The number of carbonyl (C=O) groups excluding carboxylic acids is 1. The van der Waals surface area contributed by atoms with Gasteiger partial charge in [-0.05, 0) is 24.3 Å². The summed E-state index contributed by atoms with van der Waals surface area (Å²) in [5.74, 6) is 0.151. The van der Waals surface area contributed by atoms with Crippen LogP contribution in [0, 0.1) is 0 Å². The second-order valence-electron chi connectivity index (χ2n) is 5.28. The van der Waals surface area contributed by atoms with Gasteiger partial charge < -0.3 is 9.52 Å². The lowest BCUT2D eigenvalue weighted by atomic mass is 10.1. The highest BCUT2D eigenvalue weighted by Crippen LogP contribution is 2.25. The number of nitrogens with zero attached hydrogens (tertiary/aromatic N) is 3. The van der Waals surface area contributed by atoms with Crippen LogP contribution in [0.4, 0.5) is 0 Å². The molecule has 8 heteroatoms. The molecule has 3 rings (SSSR count). The number of carboxylic acid groups (broad SMARTS) is 1. The maximum Gasteiger partial charge on any atom is 0.335 e. The van der Waals surface area contributed by atoms with Crippen LogP contribution in [0.5, 0.6) is 0 Å². The fraction of sp³-hybridized carbons (Fsp3) is 0.111. The Morgan fingerprint density at radius 3 is 2.54 bits per heavy atom. The zero-order valence-corrected chi connectivity index (χ0v) is 14.5. The molecular formula is C18H15N3O4S. The lowest BCUT2D eigenvalue weighted by molar-refractivity contribution is 0.0696. The van der Waals surface area contributed by atoms with Crippen molar-refractivity contribution in [1.82, 2.24) is 14.8 Å². The molecule has 0 aliphatic carbocycles. The normalized spacial score (nSPS) is 10.6. The number of hydrogen-bond donors (Lipinski definition) is 1. The first kappa shape index (κ1) is 17.7. The molecule has 0 bridgehead atoms. The van der Waals surface area contributed by atoms with Gasteiger partial charge in [0.25, 0.3) is 0 Å². The summed E-state index contributed by atoms with van der Waals surface area (Å²) in [6, 6.07) is 9.39. The molecule has 2 aromatic heterocycles. The third-order valence-corrected chi connectivity index (χ3v) is 4.52. The molecule has 26 heavy (non-hydrogen) atoms. The number of ketones is 1. The maximum absolute atomic E-state index is 12.3. The van der Waals surface area contributed by atoms with E-state index < -0.39 is 5.97 Å². The first-order valence-corrected chi connectivity index (χ1v) is 8.66. The second-order valence-corrected chi connectivity index (χ2v) is 6.22. The average molecular weight is 369 g/mol. The number of hydrogen-bond acceptors (Lipinski definition) is 6. The number of rotatable bonds is 8. The summed E-state index contributed by atoms with van der Waals surface area (Å²) in [5.41, 5.74) is 0.589. The van der Waals surface area contributed by atoms with Crippen molar-refractivity contribution in [2.45, 2.75) is 11.7 Å². The van der Waals surface area contributed by atoms with Gasteiger partial charge in [0, 0.05) is 12.1 Å². The molecule has 0 spiro atoms. The molecule has 0 aliphatic heterocycles. The summed E-state index contributed by atoms with van der Waals surface area (Å²) in [4.78, 5) is 23.2. The zero-order chi connectivity index (χ0) is 18.5. The molecule has 1 aromatic carbocycles. The van der Waals surface area contributed by atoms with Gasteiger partial charge in [-0.3, -0.25) is 9.36 Å². The Hall–Kier alpha value is -3.13. The Morgan fingerprint density at radius 1 is 1.19 bits per heavy atom. The Balaban J connectivity index is 1.74.